The normalized spacial score (nSPS) is 14.2. The van der Waals surface area contributed by atoms with Crippen molar-refractivity contribution in [3.63, 3.8) is 0 Å². The maximum atomic E-state index is 13.1. The summed E-state index contributed by atoms with van der Waals surface area (Å²) in [6, 6.07) is 0. The summed E-state index contributed by atoms with van der Waals surface area (Å²) in [5.41, 5.74) is 0. The molecule has 0 aliphatic rings. The van der Waals surface area contributed by atoms with Crippen LogP contribution in [0.5, 0.6) is 0 Å². The number of hydrogen-bond acceptors (Lipinski definition) is 15. The van der Waals surface area contributed by atoms with E-state index >= 15 is 0 Å². The zero-order valence-electron chi connectivity index (χ0n) is 67.1. The Bertz CT molecular complexity index is 1980. The van der Waals surface area contributed by atoms with Gasteiger partial charge in [-0.25, -0.2) is 9.13 Å². The predicted octanol–water partition coefficient (Wildman–Crippen LogP) is 24.9. The zero-order chi connectivity index (χ0) is 75.1. The first-order chi connectivity index (χ1) is 49.3. The van der Waals surface area contributed by atoms with E-state index in [4.69, 9.17) is 37.0 Å². The molecule has 0 aromatic rings. The van der Waals surface area contributed by atoms with E-state index in [1.165, 1.54) is 238 Å². The van der Waals surface area contributed by atoms with Crippen LogP contribution in [0.3, 0.4) is 0 Å². The number of phosphoric ester groups is 2. The molecule has 0 saturated heterocycles. The van der Waals surface area contributed by atoms with Crippen LogP contribution in [0.1, 0.15) is 434 Å². The maximum Gasteiger partial charge on any atom is 0.472 e. The Morgan fingerprint density at radius 1 is 0.284 bits per heavy atom. The fourth-order valence-electron chi connectivity index (χ4n) is 12.8. The lowest BCUT2D eigenvalue weighted by Crippen LogP contribution is -2.30. The van der Waals surface area contributed by atoms with Crippen molar-refractivity contribution in [2.24, 2.45) is 17.8 Å². The SMILES string of the molecule is CCCCCCCCCCCCCCCCC(=O)O[C@H](COC(=O)CCCCCCCCC(C)C)COP(=O)(O)OC[C@H](O)COP(=O)(O)OC[C@@H](COC(=O)CCCCCCCCCCCCCCCCC(C)CC)OC(=O)CCCCCCCCCCCCCCCCCCCCC(C)C. The van der Waals surface area contributed by atoms with Crippen LogP contribution in [-0.4, -0.2) is 96.7 Å². The number of hydrogen-bond donors (Lipinski definition) is 3. The molecule has 0 fully saturated rings. The van der Waals surface area contributed by atoms with Gasteiger partial charge in [0.1, 0.15) is 19.3 Å². The van der Waals surface area contributed by atoms with E-state index in [0.717, 1.165) is 108 Å². The average Bonchev–Trinajstić information content (AvgIpc) is 0.997. The first-order valence-corrected chi connectivity index (χ1v) is 45.9. The van der Waals surface area contributed by atoms with E-state index < -0.39 is 97.5 Å². The van der Waals surface area contributed by atoms with Crippen molar-refractivity contribution >= 4 is 39.5 Å². The summed E-state index contributed by atoms with van der Waals surface area (Å²) >= 11 is 0. The van der Waals surface area contributed by atoms with Gasteiger partial charge in [0.25, 0.3) is 0 Å². The molecule has 606 valence electrons. The second-order valence-electron chi connectivity index (χ2n) is 31.1. The Morgan fingerprint density at radius 2 is 0.500 bits per heavy atom. The van der Waals surface area contributed by atoms with Gasteiger partial charge in [-0.1, -0.05) is 382 Å². The van der Waals surface area contributed by atoms with Gasteiger partial charge in [0.15, 0.2) is 12.2 Å². The van der Waals surface area contributed by atoms with Crippen LogP contribution in [0.4, 0.5) is 0 Å². The molecule has 0 amide bonds. The molecule has 0 heterocycles. The molecule has 6 atom stereocenters. The van der Waals surface area contributed by atoms with Crippen LogP contribution in [0, 0.1) is 17.8 Å². The Morgan fingerprint density at radius 3 is 0.745 bits per heavy atom. The molecule has 3 unspecified atom stereocenters. The van der Waals surface area contributed by atoms with Crippen molar-refractivity contribution in [2.45, 2.75) is 452 Å². The molecule has 102 heavy (non-hydrogen) atoms. The van der Waals surface area contributed by atoms with Gasteiger partial charge >= 0.3 is 39.5 Å². The molecule has 0 aliphatic carbocycles. The number of carbonyl (C=O) groups excluding carboxylic acids is 4. The monoisotopic (exact) mass is 1490 g/mol. The van der Waals surface area contributed by atoms with Crippen LogP contribution in [0.15, 0.2) is 0 Å². The summed E-state index contributed by atoms with van der Waals surface area (Å²) in [7, 11) is -9.92. The van der Waals surface area contributed by atoms with Crippen molar-refractivity contribution in [2.75, 3.05) is 39.6 Å². The number of rotatable bonds is 81. The predicted molar refractivity (Wildman–Crippen MR) is 418 cm³/mol. The van der Waals surface area contributed by atoms with Crippen LogP contribution in [0.2, 0.25) is 0 Å². The summed E-state index contributed by atoms with van der Waals surface area (Å²) < 4.78 is 68.7. The highest BCUT2D eigenvalue weighted by atomic mass is 31.2. The fourth-order valence-corrected chi connectivity index (χ4v) is 14.4. The van der Waals surface area contributed by atoms with Crippen molar-refractivity contribution in [1.82, 2.24) is 0 Å². The number of unbranched alkanes of at least 4 members (excludes halogenated alkanes) is 48. The molecular formula is C83H162O17P2. The molecule has 0 aromatic heterocycles. The van der Waals surface area contributed by atoms with Crippen molar-refractivity contribution < 1.29 is 80.2 Å². The second kappa shape index (κ2) is 73.2. The van der Waals surface area contributed by atoms with Gasteiger partial charge in [-0.05, 0) is 43.4 Å². The van der Waals surface area contributed by atoms with Gasteiger partial charge in [-0.3, -0.25) is 37.3 Å². The number of phosphoric acid groups is 2. The highest BCUT2D eigenvalue weighted by Gasteiger charge is 2.30. The van der Waals surface area contributed by atoms with Crippen LogP contribution in [0.25, 0.3) is 0 Å². The lowest BCUT2D eigenvalue weighted by Gasteiger charge is -2.21. The summed E-state index contributed by atoms with van der Waals surface area (Å²) in [6.45, 7) is 12.0. The fraction of sp³-hybridized carbons (Fsp3) is 0.952. The highest BCUT2D eigenvalue weighted by Crippen LogP contribution is 2.45. The first kappa shape index (κ1) is 100. The molecule has 0 saturated carbocycles. The van der Waals surface area contributed by atoms with Gasteiger partial charge in [0.2, 0.25) is 0 Å². The standard InChI is InChI=1S/C83H162O17P2/c1-8-10-11-12-13-14-15-16-27-33-38-43-52-59-66-83(88)100-79(71-94-81(86)65-58-51-46-45-48-55-62-75(5)6)73-98-102(91,92)96-69-77(84)68-95-101(89,90)97-72-78(70-93-80(85)64-57-50-42-37-32-28-24-23-26-31-36-41-49-56-63-76(7)9-2)99-82(87)67-60-53-44-39-34-29-22-20-18-17-19-21-25-30-35-40-47-54-61-74(3)4/h74-79,84H,8-73H2,1-7H3,(H,89,90)(H,91,92)/t76?,77-,78-,79-/m1/s1. The number of carbonyl (C=O) groups is 4. The van der Waals surface area contributed by atoms with Gasteiger partial charge in [0, 0.05) is 25.7 Å². The first-order valence-electron chi connectivity index (χ1n) is 42.9. The third kappa shape index (κ3) is 74.9. The summed E-state index contributed by atoms with van der Waals surface area (Å²) in [4.78, 5) is 73.0. The molecule has 19 heteroatoms. The van der Waals surface area contributed by atoms with Crippen molar-refractivity contribution in [1.29, 1.82) is 0 Å². The van der Waals surface area contributed by atoms with Crippen molar-refractivity contribution in [3.05, 3.63) is 0 Å². The number of aliphatic hydroxyl groups is 1. The van der Waals surface area contributed by atoms with Gasteiger partial charge < -0.3 is 33.8 Å². The molecule has 0 spiro atoms. The van der Waals surface area contributed by atoms with E-state index in [-0.39, 0.29) is 25.7 Å². The van der Waals surface area contributed by atoms with Crippen LogP contribution < -0.4 is 0 Å². The summed E-state index contributed by atoms with van der Waals surface area (Å²) in [6.07, 6.45) is 62.6. The van der Waals surface area contributed by atoms with E-state index in [1.807, 2.05) is 0 Å². The van der Waals surface area contributed by atoms with Crippen molar-refractivity contribution in [3.8, 4) is 0 Å². The number of ether oxygens (including phenoxy) is 4. The summed E-state index contributed by atoms with van der Waals surface area (Å²) in [5, 5.41) is 10.6. The highest BCUT2D eigenvalue weighted by molar-refractivity contribution is 7.47. The van der Waals surface area contributed by atoms with E-state index in [0.29, 0.717) is 31.6 Å². The Labute approximate surface area is 626 Å². The largest absolute Gasteiger partial charge is 0.472 e. The van der Waals surface area contributed by atoms with E-state index in [2.05, 4.69) is 48.5 Å². The Kier molecular flexibility index (Phi) is 71.8. The quantitative estimate of drug-likeness (QED) is 0.0222. The third-order valence-electron chi connectivity index (χ3n) is 19.7. The Balaban J connectivity index is 5.21. The molecule has 17 nitrogen and oxygen atoms in total. The van der Waals surface area contributed by atoms with Crippen LogP contribution >= 0.6 is 15.6 Å². The molecule has 0 aliphatic heterocycles. The molecule has 0 rings (SSSR count). The topological polar surface area (TPSA) is 237 Å². The molecule has 0 aromatic carbocycles. The Hall–Kier alpha value is -1.94. The average molecular weight is 1490 g/mol. The molecule has 0 radical (unpaired) electrons. The summed E-state index contributed by atoms with van der Waals surface area (Å²) in [5.74, 6) is 0.240. The van der Waals surface area contributed by atoms with E-state index in [1.54, 1.807) is 0 Å². The zero-order valence-corrected chi connectivity index (χ0v) is 68.9. The van der Waals surface area contributed by atoms with Gasteiger partial charge in [-0.15, -0.1) is 0 Å². The second-order valence-corrected chi connectivity index (χ2v) is 34.0. The number of aliphatic hydroxyl groups excluding tert-OH is 1. The smallest absolute Gasteiger partial charge is 0.462 e. The minimum absolute atomic E-state index is 0.107. The lowest BCUT2D eigenvalue weighted by molar-refractivity contribution is -0.161. The molecule has 0 bridgehead atoms. The van der Waals surface area contributed by atoms with Gasteiger partial charge in [-0.2, -0.15) is 0 Å². The third-order valence-corrected chi connectivity index (χ3v) is 21.6. The van der Waals surface area contributed by atoms with Gasteiger partial charge in [0.05, 0.1) is 26.4 Å². The minimum atomic E-state index is -4.96. The maximum absolute atomic E-state index is 13.1. The number of esters is 4. The molecule has 3 N–H and O–H groups in total. The lowest BCUT2D eigenvalue weighted by atomic mass is 9.99. The molecular weight excluding hydrogens is 1330 g/mol. The minimum Gasteiger partial charge on any atom is -0.462 e. The van der Waals surface area contributed by atoms with Crippen LogP contribution in [-0.2, 0) is 65.4 Å². The van der Waals surface area contributed by atoms with E-state index in [9.17, 15) is 43.2 Å².